The van der Waals surface area contributed by atoms with Crippen LogP contribution in [0.1, 0.15) is 32.3 Å². The second-order valence-corrected chi connectivity index (χ2v) is 8.20. The van der Waals surface area contributed by atoms with Gasteiger partial charge in [0.2, 0.25) is 10.0 Å². The van der Waals surface area contributed by atoms with Gasteiger partial charge in [0.1, 0.15) is 10.7 Å². The van der Waals surface area contributed by atoms with E-state index in [1.54, 1.807) is 13.8 Å². The second-order valence-electron chi connectivity index (χ2n) is 5.64. The first-order valence-electron chi connectivity index (χ1n) is 6.30. The van der Waals surface area contributed by atoms with Gasteiger partial charge in [-0.25, -0.2) is 17.5 Å². The van der Waals surface area contributed by atoms with Crippen LogP contribution in [0, 0.1) is 11.7 Å². The monoisotopic (exact) mass is 365 g/mol. The maximum absolute atomic E-state index is 14.1. The first-order chi connectivity index (χ1) is 9.17. The molecule has 0 unspecified atom stereocenters. The Morgan fingerprint density at radius 1 is 1.45 bits per heavy atom. The van der Waals surface area contributed by atoms with Gasteiger partial charge in [-0.2, -0.15) is 0 Å². The van der Waals surface area contributed by atoms with E-state index in [1.807, 2.05) is 0 Å². The van der Waals surface area contributed by atoms with Crippen LogP contribution in [0.5, 0.6) is 0 Å². The highest BCUT2D eigenvalue weighted by Crippen LogP contribution is 2.40. The first kappa shape index (κ1) is 15.9. The van der Waals surface area contributed by atoms with Crippen LogP contribution in [0.25, 0.3) is 0 Å². The van der Waals surface area contributed by atoms with Crippen LogP contribution in [-0.2, 0) is 16.6 Å². The van der Waals surface area contributed by atoms with E-state index in [4.69, 9.17) is 5.11 Å². The molecule has 1 saturated carbocycles. The summed E-state index contributed by atoms with van der Waals surface area (Å²) < 4.78 is 41.8. The zero-order valence-corrected chi connectivity index (χ0v) is 13.7. The molecule has 0 radical (unpaired) electrons. The van der Waals surface area contributed by atoms with E-state index in [-0.39, 0.29) is 11.5 Å². The Balaban J connectivity index is 2.41. The summed E-state index contributed by atoms with van der Waals surface area (Å²) in [4.78, 5) is -0.440. The molecule has 1 fully saturated rings. The van der Waals surface area contributed by atoms with Crippen molar-refractivity contribution in [1.29, 1.82) is 0 Å². The van der Waals surface area contributed by atoms with Crippen LogP contribution >= 0.6 is 15.9 Å². The van der Waals surface area contributed by atoms with Gasteiger partial charge in [-0.05, 0) is 44.7 Å². The number of sulfonamides is 1. The summed E-state index contributed by atoms with van der Waals surface area (Å²) in [5.74, 6) is -0.625. The van der Waals surface area contributed by atoms with Crippen molar-refractivity contribution in [2.24, 2.45) is 5.92 Å². The van der Waals surface area contributed by atoms with Gasteiger partial charge in [-0.15, -0.1) is 0 Å². The van der Waals surface area contributed by atoms with Crippen LogP contribution in [0.3, 0.4) is 0 Å². The molecule has 1 aromatic rings. The molecule has 0 heterocycles. The third-order valence-corrected chi connectivity index (χ3v) is 5.66. The van der Waals surface area contributed by atoms with Crippen molar-refractivity contribution in [3.05, 3.63) is 28.0 Å². The molecule has 0 aliphatic heterocycles. The Morgan fingerprint density at radius 3 is 2.55 bits per heavy atom. The molecular weight excluding hydrogens is 349 g/mol. The first-order valence-corrected chi connectivity index (χ1v) is 8.58. The molecule has 112 valence electrons. The molecule has 0 amide bonds. The lowest BCUT2D eigenvalue weighted by molar-refractivity contribution is 0.274. The van der Waals surface area contributed by atoms with Gasteiger partial charge in [0, 0.05) is 15.6 Å². The number of aliphatic hydroxyl groups is 1. The van der Waals surface area contributed by atoms with E-state index >= 15 is 0 Å². The molecule has 0 saturated heterocycles. The molecule has 0 atom stereocenters. The fourth-order valence-corrected chi connectivity index (χ4v) is 4.49. The Labute approximate surface area is 126 Å². The van der Waals surface area contributed by atoms with E-state index in [1.165, 1.54) is 12.1 Å². The van der Waals surface area contributed by atoms with Crippen molar-refractivity contribution in [2.45, 2.75) is 43.7 Å². The van der Waals surface area contributed by atoms with Crippen LogP contribution in [-0.4, -0.2) is 19.1 Å². The summed E-state index contributed by atoms with van der Waals surface area (Å²) in [6, 6.07) is 2.57. The van der Waals surface area contributed by atoms with E-state index in [9.17, 15) is 12.8 Å². The van der Waals surface area contributed by atoms with Gasteiger partial charge in [0.25, 0.3) is 0 Å². The number of rotatable bonds is 5. The Hall–Kier alpha value is -0.500. The Morgan fingerprint density at radius 2 is 2.05 bits per heavy atom. The number of halogens is 2. The summed E-state index contributed by atoms with van der Waals surface area (Å²) in [6.45, 7) is 3.04. The van der Waals surface area contributed by atoms with Gasteiger partial charge in [0.05, 0.1) is 6.61 Å². The zero-order chi connectivity index (χ0) is 15.1. The molecule has 0 spiro atoms. The van der Waals surface area contributed by atoms with E-state index in [2.05, 4.69) is 20.7 Å². The standard InChI is InChI=1S/C13H17BrFNO3S/c1-13(2,9-3-4-9)16-20(18,19)11-6-10(14)5-8(7-17)12(11)15/h5-6,9,16-17H,3-4,7H2,1-2H3. The summed E-state index contributed by atoms with van der Waals surface area (Å²) in [6.07, 6.45) is 1.94. The minimum atomic E-state index is -3.97. The van der Waals surface area contributed by atoms with Gasteiger partial charge in [0.15, 0.2) is 0 Å². The normalized spacial score (nSPS) is 16.4. The fraction of sp³-hybridized carbons (Fsp3) is 0.538. The van der Waals surface area contributed by atoms with E-state index in [0.29, 0.717) is 4.47 Å². The highest BCUT2D eigenvalue weighted by Gasteiger charge is 2.41. The summed E-state index contributed by atoms with van der Waals surface area (Å²) >= 11 is 3.13. The third kappa shape index (κ3) is 3.21. The summed E-state index contributed by atoms with van der Waals surface area (Å²) in [7, 11) is -3.97. The summed E-state index contributed by atoms with van der Waals surface area (Å²) in [5, 5.41) is 9.09. The largest absolute Gasteiger partial charge is 0.392 e. The maximum atomic E-state index is 14.1. The Bertz CT molecular complexity index is 627. The molecule has 1 aliphatic carbocycles. The molecule has 1 aliphatic rings. The van der Waals surface area contributed by atoms with Gasteiger partial charge in [-0.3, -0.25) is 0 Å². The molecule has 4 nitrogen and oxygen atoms in total. The predicted octanol–water partition coefficient (Wildman–Crippen LogP) is 2.55. The van der Waals surface area contributed by atoms with Crippen molar-refractivity contribution < 1.29 is 17.9 Å². The van der Waals surface area contributed by atoms with Crippen LogP contribution < -0.4 is 4.72 Å². The fourth-order valence-electron chi connectivity index (χ4n) is 2.22. The van der Waals surface area contributed by atoms with Crippen molar-refractivity contribution in [3.63, 3.8) is 0 Å². The average molecular weight is 366 g/mol. The highest BCUT2D eigenvalue weighted by atomic mass is 79.9. The average Bonchev–Trinajstić information content (AvgIpc) is 3.14. The molecule has 0 bridgehead atoms. The van der Waals surface area contributed by atoms with Crippen molar-refractivity contribution in [2.75, 3.05) is 0 Å². The van der Waals surface area contributed by atoms with Gasteiger partial charge >= 0.3 is 0 Å². The molecular formula is C13H17BrFNO3S. The predicted molar refractivity (Wildman–Crippen MR) is 77.1 cm³/mol. The van der Waals surface area contributed by atoms with Crippen LogP contribution in [0.4, 0.5) is 4.39 Å². The molecule has 1 aromatic carbocycles. The molecule has 0 aromatic heterocycles. The minimum absolute atomic E-state index is 0.0519. The molecule has 2 N–H and O–H groups in total. The minimum Gasteiger partial charge on any atom is -0.392 e. The Kier molecular flexibility index (Phi) is 4.26. The van der Waals surface area contributed by atoms with E-state index in [0.717, 1.165) is 12.8 Å². The van der Waals surface area contributed by atoms with Crippen LogP contribution in [0.15, 0.2) is 21.5 Å². The highest BCUT2D eigenvalue weighted by molar-refractivity contribution is 9.10. The lowest BCUT2D eigenvalue weighted by atomic mass is 10.0. The molecule has 2 rings (SSSR count). The molecule has 7 heteroatoms. The zero-order valence-electron chi connectivity index (χ0n) is 11.3. The van der Waals surface area contributed by atoms with Gasteiger partial charge < -0.3 is 5.11 Å². The lowest BCUT2D eigenvalue weighted by Gasteiger charge is -2.26. The lowest BCUT2D eigenvalue weighted by Crippen LogP contribution is -2.45. The van der Waals surface area contributed by atoms with E-state index < -0.39 is 32.9 Å². The van der Waals surface area contributed by atoms with Crippen LogP contribution in [0.2, 0.25) is 0 Å². The second kappa shape index (κ2) is 5.36. The number of nitrogens with one attached hydrogen (secondary N) is 1. The van der Waals surface area contributed by atoms with Crippen molar-refractivity contribution >= 4 is 26.0 Å². The summed E-state index contributed by atoms with van der Waals surface area (Å²) in [5.41, 5.74) is -0.656. The molecule has 20 heavy (non-hydrogen) atoms. The topological polar surface area (TPSA) is 66.4 Å². The SMILES string of the molecule is CC(C)(NS(=O)(=O)c1cc(Br)cc(CO)c1F)C1CC1. The maximum Gasteiger partial charge on any atom is 0.244 e. The van der Waals surface area contributed by atoms with Gasteiger partial charge in [-0.1, -0.05) is 15.9 Å². The quantitative estimate of drug-likeness (QED) is 0.842. The van der Waals surface area contributed by atoms with Crippen molar-refractivity contribution in [3.8, 4) is 0 Å². The number of benzene rings is 1. The van der Waals surface area contributed by atoms with Crippen molar-refractivity contribution in [1.82, 2.24) is 4.72 Å². The smallest absolute Gasteiger partial charge is 0.244 e. The number of aliphatic hydroxyl groups excluding tert-OH is 1. The number of hydrogen-bond donors (Lipinski definition) is 2. The third-order valence-electron chi connectivity index (χ3n) is 3.53. The number of hydrogen-bond acceptors (Lipinski definition) is 3.